The fraction of sp³-hybridized carbons (Fsp3) is 0.188. The van der Waals surface area contributed by atoms with Crippen LogP contribution in [0.2, 0.25) is 10.0 Å². The maximum absolute atomic E-state index is 12.3. The standard InChI is InChI=1S/C16H15Cl2N5O/c1-11(23-10-14(18)7-20-23)16(24)21-15-4-2-3-12(5-15)8-22-9-13(17)6-19-22/h2-7,9-11H,8H2,1H3,(H,21,24). The molecule has 3 rings (SSSR count). The van der Waals surface area contributed by atoms with Gasteiger partial charge < -0.3 is 5.32 Å². The van der Waals surface area contributed by atoms with Crippen LogP contribution in [0.15, 0.2) is 49.1 Å². The second kappa shape index (κ2) is 7.07. The molecular weight excluding hydrogens is 349 g/mol. The zero-order valence-corrected chi connectivity index (χ0v) is 14.4. The first kappa shape index (κ1) is 16.5. The highest BCUT2D eigenvalue weighted by Crippen LogP contribution is 2.16. The lowest BCUT2D eigenvalue weighted by Gasteiger charge is -2.13. The van der Waals surface area contributed by atoms with Crippen molar-refractivity contribution in [3.8, 4) is 0 Å². The highest BCUT2D eigenvalue weighted by atomic mass is 35.5. The van der Waals surface area contributed by atoms with Gasteiger partial charge in [0.15, 0.2) is 0 Å². The zero-order valence-electron chi connectivity index (χ0n) is 12.9. The van der Waals surface area contributed by atoms with Crippen LogP contribution in [0, 0.1) is 0 Å². The van der Waals surface area contributed by atoms with E-state index in [2.05, 4.69) is 15.5 Å². The van der Waals surface area contributed by atoms with Gasteiger partial charge in [-0.15, -0.1) is 0 Å². The number of carbonyl (C=O) groups is 1. The van der Waals surface area contributed by atoms with Gasteiger partial charge in [-0.2, -0.15) is 10.2 Å². The molecular formula is C16H15Cl2N5O. The number of aromatic nitrogens is 4. The SMILES string of the molecule is CC(C(=O)Nc1cccc(Cn2cc(Cl)cn2)c1)n1cc(Cl)cn1. The van der Waals surface area contributed by atoms with Crippen molar-refractivity contribution in [2.45, 2.75) is 19.5 Å². The van der Waals surface area contributed by atoms with Gasteiger partial charge in [0.1, 0.15) is 6.04 Å². The average molecular weight is 364 g/mol. The van der Waals surface area contributed by atoms with E-state index in [4.69, 9.17) is 23.2 Å². The topological polar surface area (TPSA) is 64.7 Å². The average Bonchev–Trinajstić information content (AvgIpc) is 3.15. The van der Waals surface area contributed by atoms with Crippen molar-refractivity contribution < 1.29 is 4.79 Å². The molecule has 0 spiro atoms. The third kappa shape index (κ3) is 3.96. The fourth-order valence-corrected chi connectivity index (χ4v) is 2.55. The summed E-state index contributed by atoms with van der Waals surface area (Å²) in [6.07, 6.45) is 6.45. The lowest BCUT2D eigenvalue weighted by molar-refractivity contribution is -0.119. The van der Waals surface area contributed by atoms with Gasteiger partial charge in [0.2, 0.25) is 5.91 Å². The van der Waals surface area contributed by atoms with Gasteiger partial charge in [-0.1, -0.05) is 35.3 Å². The van der Waals surface area contributed by atoms with Gasteiger partial charge in [0.05, 0.1) is 29.0 Å². The van der Waals surface area contributed by atoms with Crippen LogP contribution in [-0.4, -0.2) is 25.5 Å². The normalized spacial score (nSPS) is 12.1. The van der Waals surface area contributed by atoms with E-state index in [1.807, 2.05) is 24.3 Å². The minimum Gasteiger partial charge on any atom is -0.324 e. The van der Waals surface area contributed by atoms with E-state index in [-0.39, 0.29) is 5.91 Å². The Balaban J connectivity index is 1.68. The summed E-state index contributed by atoms with van der Waals surface area (Å²) >= 11 is 11.7. The van der Waals surface area contributed by atoms with Crippen LogP contribution in [0.4, 0.5) is 5.69 Å². The van der Waals surface area contributed by atoms with E-state index in [9.17, 15) is 4.79 Å². The summed E-state index contributed by atoms with van der Waals surface area (Å²) in [5.41, 5.74) is 1.71. The number of hydrogen-bond acceptors (Lipinski definition) is 3. The Kier molecular flexibility index (Phi) is 4.87. The molecule has 2 aromatic heterocycles. The number of amides is 1. The molecule has 0 aliphatic carbocycles. The summed E-state index contributed by atoms with van der Waals surface area (Å²) < 4.78 is 3.25. The molecule has 0 radical (unpaired) electrons. The molecule has 0 saturated heterocycles. The molecule has 0 aliphatic rings. The van der Waals surface area contributed by atoms with Crippen LogP contribution in [0.1, 0.15) is 18.5 Å². The number of carbonyl (C=O) groups excluding carboxylic acids is 1. The van der Waals surface area contributed by atoms with Crippen LogP contribution < -0.4 is 5.32 Å². The first-order valence-electron chi connectivity index (χ1n) is 7.28. The number of rotatable bonds is 5. The maximum Gasteiger partial charge on any atom is 0.248 e. The Morgan fingerprint density at radius 2 is 1.96 bits per heavy atom. The molecule has 1 atom stereocenters. The van der Waals surface area contributed by atoms with Crippen molar-refractivity contribution in [1.82, 2.24) is 19.6 Å². The molecule has 2 heterocycles. The number of benzene rings is 1. The van der Waals surface area contributed by atoms with E-state index >= 15 is 0 Å². The van der Waals surface area contributed by atoms with E-state index in [0.717, 1.165) is 5.56 Å². The van der Waals surface area contributed by atoms with Gasteiger partial charge in [0, 0.05) is 18.1 Å². The Hall–Kier alpha value is -2.31. The van der Waals surface area contributed by atoms with E-state index in [1.54, 1.807) is 30.2 Å². The molecule has 0 bridgehead atoms. The predicted octanol–water partition coefficient (Wildman–Crippen LogP) is 3.63. The molecule has 24 heavy (non-hydrogen) atoms. The fourth-order valence-electron chi connectivity index (χ4n) is 2.25. The predicted molar refractivity (Wildman–Crippen MR) is 93.4 cm³/mol. The first-order chi connectivity index (χ1) is 11.5. The van der Waals surface area contributed by atoms with Gasteiger partial charge in [0.25, 0.3) is 0 Å². The minimum atomic E-state index is -0.467. The molecule has 6 nitrogen and oxygen atoms in total. The van der Waals surface area contributed by atoms with E-state index < -0.39 is 6.04 Å². The van der Waals surface area contributed by atoms with Gasteiger partial charge in [-0.25, -0.2) is 0 Å². The van der Waals surface area contributed by atoms with Crippen molar-refractivity contribution in [3.05, 3.63) is 64.7 Å². The summed E-state index contributed by atoms with van der Waals surface area (Å²) in [5, 5.41) is 12.2. The summed E-state index contributed by atoms with van der Waals surface area (Å²) in [6, 6.07) is 7.11. The third-order valence-electron chi connectivity index (χ3n) is 3.49. The van der Waals surface area contributed by atoms with Gasteiger partial charge >= 0.3 is 0 Å². The Morgan fingerprint density at radius 3 is 2.62 bits per heavy atom. The molecule has 1 aromatic carbocycles. The Labute approximate surface area is 149 Å². The lowest BCUT2D eigenvalue weighted by Crippen LogP contribution is -2.24. The Bertz CT molecular complexity index is 858. The quantitative estimate of drug-likeness (QED) is 0.752. The summed E-state index contributed by atoms with van der Waals surface area (Å²) in [5.74, 6) is -0.172. The molecule has 3 aromatic rings. The zero-order chi connectivity index (χ0) is 17.1. The Morgan fingerprint density at radius 1 is 1.21 bits per heavy atom. The summed E-state index contributed by atoms with van der Waals surface area (Å²) in [4.78, 5) is 12.3. The second-order valence-corrected chi connectivity index (χ2v) is 6.23. The molecule has 1 unspecified atom stereocenters. The summed E-state index contributed by atoms with van der Waals surface area (Å²) in [6.45, 7) is 2.33. The number of nitrogens with zero attached hydrogens (tertiary/aromatic N) is 4. The molecule has 1 N–H and O–H groups in total. The van der Waals surface area contributed by atoms with Crippen molar-refractivity contribution in [3.63, 3.8) is 0 Å². The number of halogens is 2. The van der Waals surface area contributed by atoms with Crippen molar-refractivity contribution in [2.24, 2.45) is 0 Å². The monoisotopic (exact) mass is 363 g/mol. The molecule has 124 valence electrons. The molecule has 0 saturated carbocycles. The second-order valence-electron chi connectivity index (χ2n) is 5.36. The maximum atomic E-state index is 12.3. The summed E-state index contributed by atoms with van der Waals surface area (Å²) in [7, 11) is 0. The van der Waals surface area contributed by atoms with Crippen molar-refractivity contribution >= 4 is 34.8 Å². The lowest BCUT2D eigenvalue weighted by atomic mass is 10.2. The van der Waals surface area contributed by atoms with Gasteiger partial charge in [-0.3, -0.25) is 14.2 Å². The van der Waals surface area contributed by atoms with Crippen LogP contribution in [0.3, 0.4) is 0 Å². The first-order valence-corrected chi connectivity index (χ1v) is 8.04. The highest BCUT2D eigenvalue weighted by molar-refractivity contribution is 6.30. The number of nitrogens with one attached hydrogen (secondary N) is 1. The van der Waals surface area contributed by atoms with Crippen molar-refractivity contribution in [1.29, 1.82) is 0 Å². The van der Waals surface area contributed by atoms with Gasteiger partial charge in [-0.05, 0) is 24.6 Å². The van der Waals surface area contributed by atoms with Crippen molar-refractivity contribution in [2.75, 3.05) is 5.32 Å². The largest absolute Gasteiger partial charge is 0.324 e. The van der Waals surface area contributed by atoms with E-state index in [1.165, 1.54) is 10.9 Å². The highest BCUT2D eigenvalue weighted by Gasteiger charge is 2.16. The molecule has 8 heteroatoms. The number of hydrogen-bond donors (Lipinski definition) is 1. The number of anilines is 1. The minimum absolute atomic E-state index is 0.172. The van der Waals surface area contributed by atoms with Crippen LogP contribution >= 0.6 is 23.2 Å². The molecule has 1 amide bonds. The smallest absolute Gasteiger partial charge is 0.248 e. The van der Waals surface area contributed by atoms with Crippen LogP contribution in [0.5, 0.6) is 0 Å². The third-order valence-corrected chi connectivity index (χ3v) is 3.88. The van der Waals surface area contributed by atoms with E-state index in [0.29, 0.717) is 22.3 Å². The van der Waals surface area contributed by atoms with Crippen LogP contribution in [-0.2, 0) is 11.3 Å². The van der Waals surface area contributed by atoms with Crippen LogP contribution in [0.25, 0.3) is 0 Å². The molecule has 0 aliphatic heterocycles. The molecule has 0 fully saturated rings.